The first-order valence-electron chi connectivity index (χ1n) is 9.21. The molecule has 11 heteroatoms. The number of nitrogens with one attached hydrogen (secondary N) is 3. The Kier molecular flexibility index (Phi) is 4.10. The fraction of sp³-hybridized carbons (Fsp3) is 0.412. The molecular weight excluding hydrogens is 364 g/mol. The minimum absolute atomic E-state index is 0.227. The molecule has 5 rings (SSSR count). The van der Waals surface area contributed by atoms with Crippen LogP contribution < -0.4 is 21.8 Å². The van der Waals surface area contributed by atoms with Crippen LogP contribution in [0, 0.1) is 0 Å². The monoisotopic (exact) mass is 384 g/mol. The summed E-state index contributed by atoms with van der Waals surface area (Å²) in [6.45, 7) is 2.86. The number of fused-ring (bicyclic) bond motifs is 1. The zero-order chi connectivity index (χ0) is 19.1. The molecule has 0 unspecified atom stereocenters. The molecule has 4 heterocycles. The number of anilines is 1. The summed E-state index contributed by atoms with van der Waals surface area (Å²) in [5, 5.41) is 17.0. The van der Waals surface area contributed by atoms with Crippen molar-refractivity contribution in [2.24, 2.45) is 4.99 Å². The number of rotatable bonds is 4. The predicted molar refractivity (Wildman–Crippen MR) is 99.4 cm³/mol. The molecule has 0 radical (unpaired) electrons. The van der Waals surface area contributed by atoms with Crippen molar-refractivity contribution < 1.29 is 9.84 Å². The molecule has 0 atom stereocenters. The molecule has 1 saturated heterocycles. The van der Waals surface area contributed by atoms with Gasteiger partial charge in [-0.15, -0.1) is 0 Å². The second kappa shape index (κ2) is 6.77. The summed E-state index contributed by atoms with van der Waals surface area (Å²) in [6, 6.07) is 2.20. The molecule has 0 spiro atoms. The first-order chi connectivity index (χ1) is 13.7. The van der Waals surface area contributed by atoms with Gasteiger partial charge in [0, 0.05) is 24.4 Å². The Hall–Kier alpha value is -3.18. The topological polar surface area (TPSA) is 136 Å². The molecule has 1 aliphatic heterocycles. The Labute approximate surface area is 158 Å². The van der Waals surface area contributed by atoms with E-state index in [1.165, 1.54) is 0 Å². The van der Waals surface area contributed by atoms with Gasteiger partial charge in [-0.25, -0.2) is 14.8 Å². The highest BCUT2D eigenvalue weighted by molar-refractivity contribution is 5.57. The smallest absolute Gasteiger partial charge is 0.326 e. The van der Waals surface area contributed by atoms with Crippen LogP contribution in [-0.4, -0.2) is 67.0 Å². The van der Waals surface area contributed by atoms with E-state index in [1.54, 1.807) is 16.8 Å². The molecule has 1 aliphatic carbocycles. The van der Waals surface area contributed by atoms with Crippen LogP contribution in [0.4, 0.5) is 5.82 Å². The number of morpholine rings is 1. The van der Waals surface area contributed by atoms with Crippen LogP contribution in [0.2, 0.25) is 0 Å². The average molecular weight is 384 g/mol. The van der Waals surface area contributed by atoms with Crippen LogP contribution in [0.15, 0.2) is 22.1 Å². The lowest BCUT2D eigenvalue weighted by molar-refractivity contribution is 0.0495. The van der Waals surface area contributed by atoms with E-state index < -0.39 is 5.69 Å². The molecule has 0 aromatic carbocycles. The van der Waals surface area contributed by atoms with E-state index in [-0.39, 0.29) is 11.6 Å². The molecule has 146 valence electrons. The SMILES string of the molecule is O=c1[nH]c(O)c(C=c2cnn3c(=NC4CC4)cc(NN4CCOCC4)nc23)[nH]1. The minimum Gasteiger partial charge on any atom is -0.493 e. The number of hydrogen-bond acceptors (Lipinski definition) is 8. The first kappa shape index (κ1) is 17.0. The van der Waals surface area contributed by atoms with Crippen LogP contribution in [0.1, 0.15) is 18.5 Å². The Morgan fingerprint density at radius 1 is 1.32 bits per heavy atom. The number of aromatic nitrogens is 5. The van der Waals surface area contributed by atoms with Crippen LogP contribution >= 0.6 is 0 Å². The minimum atomic E-state index is -0.479. The summed E-state index contributed by atoms with van der Waals surface area (Å²) in [5.74, 6) is 0.436. The molecule has 3 aromatic heterocycles. The molecule has 4 N–H and O–H groups in total. The molecule has 28 heavy (non-hydrogen) atoms. The van der Waals surface area contributed by atoms with E-state index in [2.05, 4.69) is 30.5 Å². The quantitative estimate of drug-likeness (QED) is 0.440. The lowest BCUT2D eigenvalue weighted by Crippen LogP contribution is -2.40. The number of H-pyrrole nitrogens is 2. The van der Waals surface area contributed by atoms with Crippen LogP contribution in [0.5, 0.6) is 5.88 Å². The molecule has 2 aliphatic rings. The van der Waals surface area contributed by atoms with Gasteiger partial charge in [0.15, 0.2) is 11.1 Å². The summed E-state index contributed by atoms with van der Waals surface area (Å²) < 4.78 is 7.06. The first-order valence-corrected chi connectivity index (χ1v) is 9.21. The third kappa shape index (κ3) is 3.37. The van der Waals surface area contributed by atoms with Gasteiger partial charge in [-0.1, -0.05) is 0 Å². The Balaban J connectivity index is 1.63. The second-order valence-electron chi connectivity index (χ2n) is 6.89. The number of hydrazine groups is 1. The van der Waals surface area contributed by atoms with Gasteiger partial charge in [-0.05, 0) is 18.9 Å². The standard InChI is InChI=1S/C17H20N8O3/c26-16-12(20-17(27)22-16)7-10-9-18-25-14(19-11-1-2-11)8-13(21-15(10)25)23-24-3-5-28-6-4-24/h7-9,11,23,26H,1-6H2,(H2,20,22,27). The molecule has 1 saturated carbocycles. The van der Waals surface area contributed by atoms with Gasteiger partial charge in [0.1, 0.15) is 11.5 Å². The summed E-state index contributed by atoms with van der Waals surface area (Å²) in [6.07, 6.45) is 5.42. The second-order valence-corrected chi connectivity index (χ2v) is 6.89. The third-order valence-corrected chi connectivity index (χ3v) is 4.66. The zero-order valence-corrected chi connectivity index (χ0v) is 15.1. The Bertz CT molecular complexity index is 1180. The predicted octanol–water partition coefficient (Wildman–Crippen LogP) is -1.28. The average Bonchev–Trinajstić information content (AvgIpc) is 3.32. The van der Waals surface area contributed by atoms with E-state index in [1.807, 2.05) is 6.07 Å². The lowest BCUT2D eigenvalue weighted by Gasteiger charge is -2.27. The Morgan fingerprint density at radius 3 is 2.86 bits per heavy atom. The maximum atomic E-state index is 11.4. The number of hydrogen-bond donors (Lipinski definition) is 4. The van der Waals surface area contributed by atoms with Crippen LogP contribution in [0.25, 0.3) is 11.7 Å². The van der Waals surface area contributed by atoms with Gasteiger partial charge in [0.2, 0.25) is 5.88 Å². The van der Waals surface area contributed by atoms with E-state index in [0.717, 1.165) is 31.4 Å². The Morgan fingerprint density at radius 2 is 2.14 bits per heavy atom. The maximum absolute atomic E-state index is 11.4. The maximum Gasteiger partial charge on any atom is 0.326 e. The summed E-state index contributed by atoms with van der Waals surface area (Å²) in [5.41, 5.74) is 4.41. The van der Waals surface area contributed by atoms with Gasteiger partial charge in [0.05, 0.1) is 25.5 Å². The van der Waals surface area contributed by atoms with Gasteiger partial charge in [-0.3, -0.25) is 9.98 Å². The molecular formula is C17H20N8O3. The van der Waals surface area contributed by atoms with Crippen molar-refractivity contribution in [3.05, 3.63) is 39.1 Å². The van der Waals surface area contributed by atoms with Gasteiger partial charge in [-0.2, -0.15) is 9.61 Å². The van der Waals surface area contributed by atoms with E-state index in [4.69, 9.17) is 9.73 Å². The van der Waals surface area contributed by atoms with Gasteiger partial charge in [0.25, 0.3) is 0 Å². The van der Waals surface area contributed by atoms with Crippen molar-refractivity contribution in [2.45, 2.75) is 18.9 Å². The largest absolute Gasteiger partial charge is 0.493 e. The third-order valence-electron chi connectivity index (χ3n) is 4.66. The number of aromatic amines is 2. The molecule has 0 bridgehead atoms. The number of imidazole rings is 1. The lowest BCUT2D eigenvalue weighted by atomic mass is 10.3. The zero-order valence-electron chi connectivity index (χ0n) is 15.1. The van der Waals surface area contributed by atoms with Crippen molar-refractivity contribution in [3.63, 3.8) is 0 Å². The number of aromatic hydroxyl groups is 1. The van der Waals surface area contributed by atoms with Crippen molar-refractivity contribution in [1.29, 1.82) is 0 Å². The number of nitrogens with zero attached hydrogens (tertiary/aromatic N) is 5. The molecule has 3 aromatic rings. The van der Waals surface area contributed by atoms with Crippen molar-refractivity contribution in [1.82, 2.24) is 29.6 Å². The highest BCUT2D eigenvalue weighted by Crippen LogP contribution is 2.22. The summed E-state index contributed by atoms with van der Waals surface area (Å²) >= 11 is 0. The highest BCUT2D eigenvalue weighted by Gasteiger charge is 2.20. The van der Waals surface area contributed by atoms with Crippen molar-refractivity contribution in [2.75, 3.05) is 31.7 Å². The van der Waals surface area contributed by atoms with Crippen molar-refractivity contribution >= 4 is 17.5 Å². The van der Waals surface area contributed by atoms with Gasteiger partial charge >= 0.3 is 5.69 Å². The molecule has 0 amide bonds. The highest BCUT2D eigenvalue weighted by atomic mass is 16.5. The van der Waals surface area contributed by atoms with E-state index >= 15 is 0 Å². The fourth-order valence-corrected chi connectivity index (χ4v) is 3.09. The van der Waals surface area contributed by atoms with Crippen molar-refractivity contribution in [3.8, 4) is 5.88 Å². The summed E-state index contributed by atoms with van der Waals surface area (Å²) in [7, 11) is 0. The van der Waals surface area contributed by atoms with Crippen LogP contribution in [-0.2, 0) is 4.74 Å². The van der Waals surface area contributed by atoms with Crippen LogP contribution in [0.3, 0.4) is 0 Å². The van der Waals surface area contributed by atoms with Gasteiger partial charge < -0.3 is 20.3 Å². The fourth-order valence-electron chi connectivity index (χ4n) is 3.09. The van der Waals surface area contributed by atoms with E-state index in [9.17, 15) is 9.90 Å². The number of ether oxygens (including phenoxy) is 1. The summed E-state index contributed by atoms with van der Waals surface area (Å²) in [4.78, 5) is 25.7. The van der Waals surface area contributed by atoms with E-state index in [0.29, 0.717) is 35.9 Å². The molecule has 2 fully saturated rings. The normalized spacial score (nSPS) is 19.6. The molecule has 11 nitrogen and oxygen atoms in total.